The standard InChI is InChI=1S/C10H14ClN5/c1-3-5-16(4-2)9-7-8(13-6-12-7)14-10(11)15-9/h6H,3-5H2,1-2H3,(H,12,13,14,15). The summed E-state index contributed by atoms with van der Waals surface area (Å²) in [6.45, 7) is 6.05. The van der Waals surface area contributed by atoms with E-state index in [0.29, 0.717) is 5.65 Å². The summed E-state index contributed by atoms with van der Waals surface area (Å²) in [6, 6.07) is 0. The van der Waals surface area contributed by atoms with Gasteiger partial charge in [-0.1, -0.05) is 6.92 Å². The lowest BCUT2D eigenvalue weighted by atomic mass is 10.3. The minimum absolute atomic E-state index is 0.240. The first-order valence-electron chi connectivity index (χ1n) is 5.37. The van der Waals surface area contributed by atoms with E-state index in [9.17, 15) is 0 Å². The predicted molar refractivity (Wildman–Crippen MR) is 64.9 cm³/mol. The Morgan fingerprint density at radius 1 is 1.38 bits per heavy atom. The Balaban J connectivity index is 2.52. The van der Waals surface area contributed by atoms with Crippen LogP contribution in [0.3, 0.4) is 0 Å². The van der Waals surface area contributed by atoms with E-state index >= 15 is 0 Å². The summed E-state index contributed by atoms with van der Waals surface area (Å²) >= 11 is 5.88. The number of aromatic amines is 1. The van der Waals surface area contributed by atoms with Crippen LogP contribution in [0, 0.1) is 0 Å². The number of nitrogens with one attached hydrogen (secondary N) is 1. The van der Waals surface area contributed by atoms with E-state index in [1.807, 2.05) is 0 Å². The molecule has 0 saturated heterocycles. The van der Waals surface area contributed by atoms with Gasteiger partial charge in [0.25, 0.3) is 0 Å². The number of imidazole rings is 1. The van der Waals surface area contributed by atoms with Crippen molar-refractivity contribution in [3.8, 4) is 0 Å². The number of H-pyrrole nitrogens is 1. The van der Waals surface area contributed by atoms with Gasteiger partial charge in [0.1, 0.15) is 5.52 Å². The molecule has 0 bridgehead atoms. The van der Waals surface area contributed by atoms with Gasteiger partial charge in [-0.05, 0) is 24.9 Å². The Morgan fingerprint density at radius 2 is 2.19 bits per heavy atom. The molecule has 0 radical (unpaired) electrons. The lowest BCUT2D eigenvalue weighted by Crippen LogP contribution is -2.25. The van der Waals surface area contributed by atoms with Crippen LogP contribution in [0.4, 0.5) is 5.82 Å². The van der Waals surface area contributed by atoms with Crippen molar-refractivity contribution < 1.29 is 0 Å². The van der Waals surface area contributed by atoms with Crippen LogP contribution in [0.15, 0.2) is 6.33 Å². The first kappa shape index (κ1) is 11.1. The van der Waals surface area contributed by atoms with Crippen LogP contribution in [0.2, 0.25) is 5.28 Å². The fraction of sp³-hybridized carbons (Fsp3) is 0.500. The van der Waals surface area contributed by atoms with Crippen LogP contribution in [0.25, 0.3) is 11.2 Å². The SMILES string of the molecule is CCCN(CC)c1nc(Cl)nc2nc[nH]c12. The van der Waals surface area contributed by atoms with E-state index < -0.39 is 0 Å². The van der Waals surface area contributed by atoms with E-state index in [0.717, 1.165) is 30.8 Å². The number of fused-ring (bicyclic) bond motifs is 1. The Hall–Kier alpha value is -1.36. The van der Waals surface area contributed by atoms with Gasteiger partial charge >= 0.3 is 0 Å². The third-order valence-corrected chi connectivity index (χ3v) is 2.58. The normalized spacial score (nSPS) is 10.9. The van der Waals surface area contributed by atoms with Gasteiger partial charge in [0.2, 0.25) is 5.28 Å². The number of nitrogens with zero attached hydrogens (tertiary/aromatic N) is 4. The van der Waals surface area contributed by atoms with E-state index in [2.05, 4.69) is 38.7 Å². The predicted octanol–water partition coefficient (Wildman–Crippen LogP) is 2.24. The molecule has 0 atom stereocenters. The Morgan fingerprint density at radius 3 is 2.88 bits per heavy atom. The molecule has 2 rings (SSSR count). The third kappa shape index (κ3) is 1.95. The maximum atomic E-state index is 5.88. The van der Waals surface area contributed by atoms with Gasteiger partial charge in [0, 0.05) is 13.1 Å². The van der Waals surface area contributed by atoms with Gasteiger partial charge in [-0.15, -0.1) is 0 Å². The van der Waals surface area contributed by atoms with Crippen molar-refractivity contribution in [2.24, 2.45) is 0 Å². The first-order chi connectivity index (χ1) is 7.76. The smallest absolute Gasteiger partial charge is 0.226 e. The van der Waals surface area contributed by atoms with E-state index in [1.54, 1.807) is 6.33 Å². The van der Waals surface area contributed by atoms with Crippen LogP contribution in [0.5, 0.6) is 0 Å². The number of anilines is 1. The summed E-state index contributed by atoms with van der Waals surface area (Å²) < 4.78 is 0. The maximum Gasteiger partial charge on any atom is 0.226 e. The zero-order valence-corrected chi connectivity index (χ0v) is 10.1. The summed E-state index contributed by atoms with van der Waals surface area (Å²) in [7, 11) is 0. The van der Waals surface area contributed by atoms with Gasteiger partial charge in [0.15, 0.2) is 11.5 Å². The zero-order valence-electron chi connectivity index (χ0n) is 9.37. The fourth-order valence-electron chi connectivity index (χ4n) is 1.70. The molecule has 0 spiro atoms. The van der Waals surface area contributed by atoms with Crippen molar-refractivity contribution in [3.05, 3.63) is 11.6 Å². The first-order valence-corrected chi connectivity index (χ1v) is 5.75. The average Bonchev–Trinajstić information content (AvgIpc) is 2.72. The highest BCUT2D eigenvalue weighted by Crippen LogP contribution is 2.22. The second kappa shape index (κ2) is 4.65. The largest absolute Gasteiger partial charge is 0.355 e. The second-order valence-corrected chi connectivity index (χ2v) is 3.84. The van der Waals surface area contributed by atoms with Crippen LogP contribution in [-0.4, -0.2) is 33.0 Å². The van der Waals surface area contributed by atoms with Crippen molar-refractivity contribution in [3.63, 3.8) is 0 Å². The third-order valence-electron chi connectivity index (χ3n) is 2.41. The molecule has 0 aliphatic rings. The van der Waals surface area contributed by atoms with Crippen molar-refractivity contribution >= 4 is 28.6 Å². The molecule has 1 N–H and O–H groups in total. The molecule has 86 valence electrons. The van der Waals surface area contributed by atoms with Crippen LogP contribution in [0.1, 0.15) is 20.3 Å². The Kier molecular flexibility index (Phi) is 3.24. The topological polar surface area (TPSA) is 57.7 Å². The molecule has 0 saturated carbocycles. The van der Waals surface area contributed by atoms with Gasteiger partial charge in [0.05, 0.1) is 6.33 Å². The van der Waals surface area contributed by atoms with Crippen molar-refractivity contribution in [1.82, 2.24) is 19.9 Å². The fourth-order valence-corrected chi connectivity index (χ4v) is 1.86. The van der Waals surface area contributed by atoms with E-state index in [4.69, 9.17) is 11.6 Å². The molecule has 6 heteroatoms. The van der Waals surface area contributed by atoms with E-state index in [1.165, 1.54) is 0 Å². The molecule has 0 fully saturated rings. The Labute approximate surface area is 98.9 Å². The highest BCUT2D eigenvalue weighted by Gasteiger charge is 2.13. The minimum atomic E-state index is 0.240. The van der Waals surface area contributed by atoms with Gasteiger partial charge in [-0.25, -0.2) is 4.98 Å². The monoisotopic (exact) mass is 239 g/mol. The highest BCUT2D eigenvalue weighted by molar-refractivity contribution is 6.28. The van der Waals surface area contributed by atoms with Crippen LogP contribution >= 0.6 is 11.6 Å². The molecule has 2 heterocycles. The molecular formula is C10H14ClN5. The molecule has 0 unspecified atom stereocenters. The molecule has 0 aliphatic heterocycles. The average molecular weight is 240 g/mol. The summed E-state index contributed by atoms with van der Waals surface area (Å²) in [5.41, 5.74) is 1.46. The van der Waals surface area contributed by atoms with Crippen molar-refractivity contribution in [1.29, 1.82) is 0 Å². The van der Waals surface area contributed by atoms with Crippen molar-refractivity contribution in [2.75, 3.05) is 18.0 Å². The second-order valence-electron chi connectivity index (χ2n) is 3.50. The number of hydrogen-bond donors (Lipinski definition) is 1. The lowest BCUT2D eigenvalue weighted by Gasteiger charge is -2.21. The summed E-state index contributed by atoms with van der Waals surface area (Å²) in [5.74, 6) is 0.830. The molecule has 0 amide bonds. The quantitative estimate of drug-likeness (QED) is 0.832. The molecule has 16 heavy (non-hydrogen) atoms. The minimum Gasteiger partial charge on any atom is -0.355 e. The number of hydrogen-bond acceptors (Lipinski definition) is 4. The lowest BCUT2D eigenvalue weighted by molar-refractivity contribution is 0.780. The van der Waals surface area contributed by atoms with Crippen molar-refractivity contribution in [2.45, 2.75) is 20.3 Å². The summed E-state index contributed by atoms with van der Waals surface area (Å²) in [4.78, 5) is 17.6. The Bertz CT molecular complexity index is 481. The molecule has 5 nitrogen and oxygen atoms in total. The van der Waals surface area contributed by atoms with Gasteiger partial charge in [-0.3, -0.25) is 0 Å². The molecule has 2 aromatic heterocycles. The summed E-state index contributed by atoms with van der Waals surface area (Å²) in [5, 5.41) is 0.240. The zero-order chi connectivity index (χ0) is 11.5. The number of aromatic nitrogens is 4. The number of halogens is 1. The molecule has 2 aromatic rings. The van der Waals surface area contributed by atoms with Gasteiger partial charge in [-0.2, -0.15) is 9.97 Å². The van der Waals surface area contributed by atoms with Crippen LogP contribution in [-0.2, 0) is 0 Å². The number of rotatable bonds is 4. The molecule has 0 aliphatic carbocycles. The molecule has 0 aromatic carbocycles. The highest BCUT2D eigenvalue weighted by atomic mass is 35.5. The molecular weight excluding hydrogens is 226 g/mol. The van der Waals surface area contributed by atoms with Crippen LogP contribution < -0.4 is 4.90 Å². The van der Waals surface area contributed by atoms with Gasteiger partial charge < -0.3 is 9.88 Å². The summed E-state index contributed by atoms with van der Waals surface area (Å²) in [6.07, 6.45) is 2.67. The van der Waals surface area contributed by atoms with E-state index in [-0.39, 0.29) is 5.28 Å². The maximum absolute atomic E-state index is 5.88.